The first-order chi connectivity index (χ1) is 12.3. The van der Waals surface area contributed by atoms with Gasteiger partial charge < -0.3 is 29.3 Å². The summed E-state index contributed by atoms with van der Waals surface area (Å²) in [7, 11) is 2.94. The number of ether oxygens (including phenoxy) is 2. The third kappa shape index (κ3) is 4.14. The molecule has 1 aliphatic heterocycles. The largest absolute Gasteiger partial charge is 0.550 e. The van der Waals surface area contributed by atoms with Crippen molar-refractivity contribution in [1.29, 1.82) is 0 Å². The highest BCUT2D eigenvalue weighted by atomic mass is 32.2. The van der Waals surface area contributed by atoms with Crippen LogP contribution < -0.4 is 19.7 Å². The lowest BCUT2D eigenvalue weighted by atomic mass is 10.1. The van der Waals surface area contributed by atoms with Crippen molar-refractivity contribution in [3.8, 4) is 11.5 Å². The van der Waals surface area contributed by atoms with Crippen molar-refractivity contribution < 1.29 is 34.1 Å². The molecule has 0 unspecified atom stereocenters. The van der Waals surface area contributed by atoms with Crippen molar-refractivity contribution in [2.75, 3.05) is 14.2 Å². The maximum Gasteiger partial charge on any atom is 0.266 e. The number of thioether (sulfide) groups is 1. The van der Waals surface area contributed by atoms with E-state index in [2.05, 4.69) is 0 Å². The van der Waals surface area contributed by atoms with E-state index in [-0.39, 0.29) is 9.23 Å². The summed E-state index contributed by atoms with van der Waals surface area (Å²) in [6.45, 7) is 0. The second-order valence-electron chi connectivity index (χ2n) is 5.07. The fraction of sp³-hybridized carbons (Fsp3) is 0.250. The molecule has 1 aromatic carbocycles. The lowest BCUT2D eigenvalue weighted by molar-refractivity contribution is -0.319. The quantitative estimate of drug-likeness (QED) is 0.430. The van der Waals surface area contributed by atoms with Gasteiger partial charge in [-0.3, -0.25) is 9.69 Å². The van der Waals surface area contributed by atoms with Gasteiger partial charge in [-0.25, -0.2) is 0 Å². The summed E-state index contributed by atoms with van der Waals surface area (Å²) in [5, 5.41) is 22.0. The normalized spacial score (nSPS) is 16.7. The number of benzene rings is 1. The molecule has 1 aliphatic rings. The third-order valence-electron chi connectivity index (χ3n) is 3.49. The highest BCUT2D eigenvalue weighted by molar-refractivity contribution is 8.26. The second kappa shape index (κ2) is 8.19. The Morgan fingerprint density at radius 2 is 2.00 bits per heavy atom. The predicted molar refractivity (Wildman–Crippen MR) is 93.0 cm³/mol. The summed E-state index contributed by atoms with van der Waals surface area (Å²) in [4.78, 5) is 35.4. The molecule has 8 nitrogen and oxygen atoms in total. The molecule has 0 aromatic heterocycles. The molecule has 10 heteroatoms. The van der Waals surface area contributed by atoms with Crippen molar-refractivity contribution in [2.24, 2.45) is 0 Å². The number of carboxylic acids is 2. The number of methoxy groups -OCH3 is 2. The van der Waals surface area contributed by atoms with Gasteiger partial charge in [0.25, 0.3) is 5.91 Å². The molecule has 0 aliphatic carbocycles. The van der Waals surface area contributed by atoms with Crippen LogP contribution in [0.1, 0.15) is 12.0 Å². The summed E-state index contributed by atoms with van der Waals surface area (Å²) < 4.78 is 10.3. The number of carboxylic acid groups (broad SMARTS) is 2. The topological polar surface area (TPSA) is 119 Å². The molecule has 0 bridgehead atoms. The number of carbonyl (C=O) groups is 3. The van der Waals surface area contributed by atoms with E-state index in [9.17, 15) is 24.6 Å². The summed E-state index contributed by atoms with van der Waals surface area (Å²) in [5.41, 5.74) is 0.540. The number of hydrogen-bond acceptors (Lipinski definition) is 9. The smallest absolute Gasteiger partial charge is 0.266 e. The first-order valence-corrected chi connectivity index (χ1v) is 8.40. The second-order valence-corrected chi connectivity index (χ2v) is 6.75. The Balaban J connectivity index is 2.37. The Hall–Kier alpha value is -2.59. The van der Waals surface area contributed by atoms with Gasteiger partial charge in [0.15, 0.2) is 0 Å². The van der Waals surface area contributed by atoms with Gasteiger partial charge in [-0.15, -0.1) is 0 Å². The standard InChI is InChI=1S/C16H15NO7S2/c1-23-9-4-3-8(11(6-9)24-2)5-12-14(20)17(16(25)26-12)10(15(21)22)7-13(18)19/h3-6,10H,7H2,1-2H3,(H,18,19)(H,21,22)/p-2/b12-5-/t10-/m1/s1. The molecule has 0 spiro atoms. The van der Waals surface area contributed by atoms with E-state index in [1.165, 1.54) is 20.3 Å². The predicted octanol–water partition coefficient (Wildman–Crippen LogP) is -0.837. The number of carbonyl (C=O) groups excluding carboxylic acids is 3. The van der Waals surface area contributed by atoms with Crippen molar-refractivity contribution in [3.63, 3.8) is 0 Å². The molecule has 138 valence electrons. The van der Waals surface area contributed by atoms with Crippen LogP contribution in [0.5, 0.6) is 11.5 Å². The third-order valence-corrected chi connectivity index (χ3v) is 4.82. The van der Waals surface area contributed by atoms with Gasteiger partial charge in [0, 0.05) is 24.0 Å². The van der Waals surface area contributed by atoms with Gasteiger partial charge in [0.2, 0.25) is 0 Å². The van der Waals surface area contributed by atoms with Crippen molar-refractivity contribution >= 4 is 52.2 Å². The lowest BCUT2D eigenvalue weighted by Gasteiger charge is -2.27. The van der Waals surface area contributed by atoms with Gasteiger partial charge in [0.05, 0.1) is 31.1 Å². The maximum absolute atomic E-state index is 12.5. The van der Waals surface area contributed by atoms with E-state index in [0.717, 1.165) is 11.8 Å². The van der Waals surface area contributed by atoms with Crippen LogP contribution in [0.25, 0.3) is 6.08 Å². The summed E-state index contributed by atoms with van der Waals surface area (Å²) in [5.74, 6) is -3.10. The number of rotatable bonds is 7. The lowest BCUT2D eigenvalue weighted by Crippen LogP contribution is -2.52. The zero-order chi connectivity index (χ0) is 19.4. The first kappa shape index (κ1) is 19.7. The summed E-state index contributed by atoms with van der Waals surface area (Å²) in [6.07, 6.45) is 0.552. The van der Waals surface area contributed by atoms with Gasteiger partial charge in [0.1, 0.15) is 15.8 Å². The minimum atomic E-state index is -1.74. The molecule has 1 amide bonds. The molecule has 1 atom stereocenters. The van der Waals surface area contributed by atoms with Crippen LogP contribution in [-0.2, 0) is 14.4 Å². The van der Waals surface area contributed by atoms with E-state index in [1.54, 1.807) is 18.2 Å². The summed E-state index contributed by atoms with van der Waals surface area (Å²) in [6, 6.07) is 3.19. The zero-order valence-corrected chi connectivity index (χ0v) is 15.3. The highest BCUT2D eigenvalue weighted by Gasteiger charge is 2.38. The molecular weight excluding hydrogens is 382 g/mol. The van der Waals surface area contributed by atoms with E-state index < -0.39 is 30.3 Å². The van der Waals surface area contributed by atoms with E-state index in [1.807, 2.05) is 0 Å². The Bertz CT molecular complexity index is 806. The maximum atomic E-state index is 12.5. The fourth-order valence-electron chi connectivity index (χ4n) is 2.27. The average molecular weight is 395 g/mol. The molecule has 0 N–H and O–H groups in total. The van der Waals surface area contributed by atoms with Gasteiger partial charge in [-0.05, 0) is 18.2 Å². The van der Waals surface area contributed by atoms with Gasteiger partial charge in [-0.2, -0.15) is 0 Å². The fourth-order valence-corrected chi connectivity index (χ4v) is 3.61. The number of amides is 1. The highest BCUT2D eigenvalue weighted by Crippen LogP contribution is 2.36. The number of nitrogens with zero attached hydrogens (tertiary/aromatic N) is 1. The molecule has 26 heavy (non-hydrogen) atoms. The zero-order valence-electron chi connectivity index (χ0n) is 13.7. The van der Waals surface area contributed by atoms with Crippen molar-refractivity contribution in [1.82, 2.24) is 4.90 Å². The van der Waals surface area contributed by atoms with E-state index >= 15 is 0 Å². The van der Waals surface area contributed by atoms with Gasteiger partial charge in [-0.1, -0.05) is 24.0 Å². The molecule has 0 saturated carbocycles. The number of aliphatic carboxylic acids is 2. The van der Waals surface area contributed by atoms with E-state index in [0.29, 0.717) is 22.0 Å². The minimum Gasteiger partial charge on any atom is -0.550 e. The van der Waals surface area contributed by atoms with Crippen LogP contribution in [0, 0.1) is 0 Å². The van der Waals surface area contributed by atoms with Crippen LogP contribution in [0.4, 0.5) is 0 Å². The molecular formula is C16H13NO7S2-2. The minimum absolute atomic E-state index is 0.0795. The monoisotopic (exact) mass is 395 g/mol. The Labute approximate surface area is 158 Å². The van der Waals surface area contributed by atoms with Crippen LogP contribution in [0.15, 0.2) is 23.1 Å². The molecule has 1 saturated heterocycles. The molecule has 1 fully saturated rings. The number of thiocarbonyl (C=S) groups is 1. The van der Waals surface area contributed by atoms with E-state index in [4.69, 9.17) is 21.7 Å². The van der Waals surface area contributed by atoms with Crippen LogP contribution in [-0.4, -0.2) is 47.3 Å². The van der Waals surface area contributed by atoms with Crippen LogP contribution in [0.2, 0.25) is 0 Å². The SMILES string of the molecule is COc1ccc(/C=C2\SC(=S)N([C@H](CC(=O)[O-])C(=O)[O-])C2=O)c(OC)c1. The van der Waals surface area contributed by atoms with Crippen molar-refractivity contribution in [3.05, 3.63) is 28.7 Å². The average Bonchev–Trinajstić information content (AvgIpc) is 2.86. The Morgan fingerprint density at radius 1 is 1.31 bits per heavy atom. The molecule has 1 heterocycles. The molecule has 2 rings (SSSR count). The first-order valence-electron chi connectivity index (χ1n) is 7.18. The Kier molecular flexibility index (Phi) is 6.22. The van der Waals surface area contributed by atoms with Crippen molar-refractivity contribution in [2.45, 2.75) is 12.5 Å². The number of hydrogen-bond donors (Lipinski definition) is 0. The van der Waals surface area contributed by atoms with Gasteiger partial charge >= 0.3 is 0 Å². The van der Waals surface area contributed by atoms with Crippen LogP contribution >= 0.6 is 24.0 Å². The molecule has 0 radical (unpaired) electrons. The summed E-state index contributed by atoms with van der Waals surface area (Å²) >= 11 is 5.89. The molecule has 1 aromatic rings. The van der Waals surface area contributed by atoms with Crippen LogP contribution in [0.3, 0.4) is 0 Å². The Morgan fingerprint density at radius 3 is 2.54 bits per heavy atom.